The predicted octanol–water partition coefficient (Wildman–Crippen LogP) is 2.21. The lowest BCUT2D eigenvalue weighted by Crippen LogP contribution is -2.22. The van der Waals surface area contributed by atoms with Gasteiger partial charge >= 0.3 is 0 Å². The molecule has 1 N–H and O–H groups in total. The van der Waals surface area contributed by atoms with Gasteiger partial charge in [-0.05, 0) is 24.6 Å². The van der Waals surface area contributed by atoms with E-state index in [0.717, 1.165) is 18.9 Å². The predicted molar refractivity (Wildman–Crippen MR) is 65.0 cm³/mol. The van der Waals surface area contributed by atoms with E-state index in [1.807, 2.05) is 19.3 Å². The maximum atomic E-state index is 4.29. The Hall–Kier alpha value is -1.09. The van der Waals surface area contributed by atoms with Gasteiger partial charge in [-0.3, -0.25) is 0 Å². The van der Waals surface area contributed by atoms with Gasteiger partial charge in [0.05, 0.1) is 0 Å². The summed E-state index contributed by atoms with van der Waals surface area (Å²) in [6.07, 6.45) is 1.93. The summed E-state index contributed by atoms with van der Waals surface area (Å²) in [5.74, 6) is 1.63. The second-order valence-corrected chi connectivity index (χ2v) is 4.39. The molecule has 0 saturated heterocycles. The van der Waals surface area contributed by atoms with Crippen LogP contribution in [0.5, 0.6) is 0 Å². The van der Waals surface area contributed by atoms with Gasteiger partial charge in [0.25, 0.3) is 0 Å². The molecule has 3 nitrogen and oxygen atoms in total. The molecule has 0 aromatic carbocycles. The highest BCUT2D eigenvalue weighted by Gasteiger charge is 2.03. The van der Waals surface area contributed by atoms with E-state index in [1.165, 1.54) is 5.56 Å². The quantitative estimate of drug-likeness (QED) is 0.802. The van der Waals surface area contributed by atoms with Crippen LogP contribution in [0.1, 0.15) is 19.4 Å². The Balaban J connectivity index is 2.49. The molecule has 0 unspecified atom stereocenters. The van der Waals surface area contributed by atoms with Gasteiger partial charge in [-0.2, -0.15) is 0 Å². The lowest BCUT2D eigenvalue weighted by Gasteiger charge is -2.18. The molecule has 0 fully saturated rings. The van der Waals surface area contributed by atoms with E-state index in [4.69, 9.17) is 0 Å². The number of hydrogen-bond donors (Lipinski definition) is 1. The minimum Gasteiger partial charge on any atom is -0.373 e. The number of nitrogens with zero attached hydrogens (tertiary/aromatic N) is 2. The molecule has 15 heavy (non-hydrogen) atoms. The van der Waals surface area contributed by atoms with Crippen molar-refractivity contribution in [2.75, 3.05) is 26.0 Å². The molecule has 0 saturated carbocycles. The number of aromatic nitrogens is 1. The molecule has 0 amide bonds. The minimum absolute atomic E-state index is 0.708. The Morgan fingerprint density at radius 1 is 1.40 bits per heavy atom. The summed E-state index contributed by atoms with van der Waals surface area (Å²) in [7, 11) is 4.03. The van der Waals surface area contributed by atoms with Crippen molar-refractivity contribution in [1.82, 2.24) is 9.88 Å². The van der Waals surface area contributed by atoms with Crippen molar-refractivity contribution < 1.29 is 0 Å². The third-order valence-electron chi connectivity index (χ3n) is 2.21. The molecule has 3 heteroatoms. The number of rotatable bonds is 5. The first-order valence-electron chi connectivity index (χ1n) is 5.43. The molecule has 1 heterocycles. The Kier molecular flexibility index (Phi) is 4.56. The van der Waals surface area contributed by atoms with Gasteiger partial charge in [0.1, 0.15) is 5.82 Å². The Bertz CT molecular complexity index is 279. The standard InChI is InChI=1S/C12H21N3/c1-10(2)8-15(4)9-11-5-6-12(13-3)14-7-11/h5-7,10H,8-9H2,1-4H3,(H,13,14). The summed E-state index contributed by atoms with van der Waals surface area (Å²) in [5, 5.41) is 3.01. The molecule has 0 bridgehead atoms. The number of hydrogen-bond acceptors (Lipinski definition) is 3. The first-order valence-corrected chi connectivity index (χ1v) is 5.43. The molecule has 0 radical (unpaired) electrons. The molecule has 0 aliphatic heterocycles. The van der Waals surface area contributed by atoms with Crippen molar-refractivity contribution in [3.8, 4) is 0 Å². The molecule has 1 aromatic rings. The fourth-order valence-electron chi connectivity index (χ4n) is 1.67. The van der Waals surface area contributed by atoms with Crippen molar-refractivity contribution >= 4 is 5.82 Å². The van der Waals surface area contributed by atoms with Crippen LogP contribution in [0.25, 0.3) is 0 Å². The third-order valence-corrected chi connectivity index (χ3v) is 2.21. The molecule has 0 spiro atoms. The van der Waals surface area contributed by atoms with E-state index < -0.39 is 0 Å². The molecular weight excluding hydrogens is 186 g/mol. The molecule has 1 rings (SSSR count). The highest BCUT2D eigenvalue weighted by molar-refractivity contribution is 5.34. The van der Waals surface area contributed by atoms with Crippen molar-refractivity contribution in [3.63, 3.8) is 0 Å². The van der Waals surface area contributed by atoms with E-state index in [2.05, 4.69) is 42.2 Å². The average Bonchev–Trinajstić information content (AvgIpc) is 2.17. The first-order chi connectivity index (χ1) is 7.11. The summed E-state index contributed by atoms with van der Waals surface area (Å²) >= 11 is 0. The molecule has 0 atom stereocenters. The fraction of sp³-hybridized carbons (Fsp3) is 0.583. The first kappa shape index (κ1) is 12.0. The highest BCUT2D eigenvalue weighted by atomic mass is 15.1. The molecule has 1 aromatic heterocycles. The van der Waals surface area contributed by atoms with Gasteiger partial charge in [-0.15, -0.1) is 0 Å². The lowest BCUT2D eigenvalue weighted by molar-refractivity contribution is 0.288. The van der Waals surface area contributed by atoms with E-state index in [9.17, 15) is 0 Å². The van der Waals surface area contributed by atoms with E-state index in [0.29, 0.717) is 5.92 Å². The second kappa shape index (κ2) is 5.71. The zero-order valence-corrected chi connectivity index (χ0v) is 10.1. The van der Waals surface area contributed by atoms with Crippen LogP contribution >= 0.6 is 0 Å². The lowest BCUT2D eigenvalue weighted by atomic mass is 10.2. The normalized spacial score (nSPS) is 11.1. The van der Waals surface area contributed by atoms with Gasteiger partial charge in [0, 0.05) is 26.3 Å². The van der Waals surface area contributed by atoms with Gasteiger partial charge in [-0.1, -0.05) is 19.9 Å². The minimum atomic E-state index is 0.708. The largest absolute Gasteiger partial charge is 0.373 e. The van der Waals surface area contributed by atoms with E-state index >= 15 is 0 Å². The maximum absolute atomic E-state index is 4.29. The molecule has 0 aliphatic carbocycles. The van der Waals surface area contributed by atoms with Gasteiger partial charge in [0.2, 0.25) is 0 Å². The maximum Gasteiger partial charge on any atom is 0.125 e. The molecule has 0 aliphatic rings. The van der Waals surface area contributed by atoms with Crippen LogP contribution in [-0.4, -0.2) is 30.5 Å². The monoisotopic (exact) mass is 207 g/mol. The van der Waals surface area contributed by atoms with Crippen LogP contribution < -0.4 is 5.32 Å². The van der Waals surface area contributed by atoms with Crippen LogP contribution in [0.4, 0.5) is 5.82 Å². The van der Waals surface area contributed by atoms with Gasteiger partial charge in [0.15, 0.2) is 0 Å². The average molecular weight is 207 g/mol. The second-order valence-electron chi connectivity index (χ2n) is 4.39. The van der Waals surface area contributed by atoms with Crippen LogP contribution in [0, 0.1) is 5.92 Å². The van der Waals surface area contributed by atoms with Crippen LogP contribution in [0.15, 0.2) is 18.3 Å². The number of nitrogens with one attached hydrogen (secondary N) is 1. The number of anilines is 1. The van der Waals surface area contributed by atoms with Crippen molar-refractivity contribution in [3.05, 3.63) is 23.9 Å². The van der Waals surface area contributed by atoms with Crippen LogP contribution in [0.2, 0.25) is 0 Å². The summed E-state index contributed by atoms with van der Waals surface area (Å²) in [5.41, 5.74) is 1.26. The smallest absolute Gasteiger partial charge is 0.125 e. The molecular formula is C12H21N3. The number of pyridine rings is 1. The van der Waals surface area contributed by atoms with Crippen molar-refractivity contribution in [2.24, 2.45) is 5.92 Å². The summed E-state index contributed by atoms with van der Waals surface area (Å²) < 4.78 is 0. The zero-order chi connectivity index (χ0) is 11.3. The third kappa shape index (κ3) is 4.30. The van der Waals surface area contributed by atoms with E-state index in [-0.39, 0.29) is 0 Å². The van der Waals surface area contributed by atoms with Crippen LogP contribution in [0.3, 0.4) is 0 Å². The molecule has 84 valence electrons. The highest BCUT2D eigenvalue weighted by Crippen LogP contribution is 2.07. The zero-order valence-electron chi connectivity index (χ0n) is 10.1. The SMILES string of the molecule is CNc1ccc(CN(C)CC(C)C)cn1. The Morgan fingerprint density at radius 3 is 2.60 bits per heavy atom. The van der Waals surface area contributed by atoms with Gasteiger partial charge in [-0.25, -0.2) is 4.98 Å². The topological polar surface area (TPSA) is 28.2 Å². The summed E-state index contributed by atoms with van der Waals surface area (Å²) in [4.78, 5) is 6.61. The Morgan fingerprint density at radius 2 is 2.13 bits per heavy atom. The van der Waals surface area contributed by atoms with Crippen LogP contribution in [-0.2, 0) is 6.54 Å². The summed E-state index contributed by atoms with van der Waals surface area (Å²) in [6, 6.07) is 4.13. The summed E-state index contributed by atoms with van der Waals surface area (Å²) in [6.45, 7) is 6.56. The van der Waals surface area contributed by atoms with Crippen molar-refractivity contribution in [1.29, 1.82) is 0 Å². The Labute approximate surface area is 92.5 Å². The van der Waals surface area contributed by atoms with Crippen molar-refractivity contribution in [2.45, 2.75) is 20.4 Å². The fourth-order valence-corrected chi connectivity index (χ4v) is 1.67. The van der Waals surface area contributed by atoms with Gasteiger partial charge < -0.3 is 10.2 Å². The van der Waals surface area contributed by atoms with E-state index in [1.54, 1.807) is 0 Å².